The minimum Gasteiger partial charge on any atom is -0.437 e. The van der Waals surface area contributed by atoms with Crippen molar-refractivity contribution >= 4 is 32.8 Å². The summed E-state index contributed by atoms with van der Waals surface area (Å²) in [6, 6.07) is 30.8. The zero-order chi connectivity index (χ0) is 25.8. The van der Waals surface area contributed by atoms with Gasteiger partial charge < -0.3 is 4.42 Å². The predicted molar refractivity (Wildman–Crippen MR) is 153 cm³/mol. The third kappa shape index (κ3) is 2.66. The normalized spacial score (nSPS) is 17.0. The van der Waals surface area contributed by atoms with Crippen molar-refractivity contribution in [3.05, 3.63) is 137 Å². The molecule has 0 N–H and O–H groups in total. The topological polar surface area (TPSA) is 42.8 Å². The number of benzene rings is 4. The molecule has 39 heavy (non-hydrogen) atoms. The molecule has 0 radical (unpaired) electrons. The summed E-state index contributed by atoms with van der Waals surface area (Å²) in [6.07, 6.45) is 3.83. The summed E-state index contributed by atoms with van der Waals surface area (Å²) in [7, 11) is 2.19. The lowest BCUT2D eigenvalue weighted by atomic mass is 9.63. The van der Waals surface area contributed by atoms with Crippen molar-refractivity contribution in [2.24, 2.45) is 7.05 Å². The molecule has 2 atom stereocenters. The lowest BCUT2D eigenvalue weighted by molar-refractivity contribution is -0.669. The van der Waals surface area contributed by atoms with Gasteiger partial charge in [0.15, 0.2) is 5.58 Å². The second kappa shape index (κ2) is 7.39. The van der Waals surface area contributed by atoms with E-state index in [0.717, 1.165) is 38.9 Å². The number of rotatable bonds is 1. The van der Waals surface area contributed by atoms with Gasteiger partial charge in [0.1, 0.15) is 12.7 Å². The molecule has 184 valence electrons. The van der Waals surface area contributed by atoms with Gasteiger partial charge in [-0.2, -0.15) is 4.57 Å². The zero-order valence-corrected chi connectivity index (χ0v) is 21.6. The second-order valence-electron chi connectivity index (χ2n) is 10.9. The maximum atomic E-state index is 6.39. The molecule has 2 bridgehead atoms. The quantitative estimate of drug-likeness (QED) is 0.221. The van der Waals surface area contributed by atoms with E-state index in [0.29, 0.717) is 5.71 Å². The van der Waals surface area contributed by atoms with Gasteiger partial charge in [0.2, 0.25) is 17.1 Å². The van der Waals surface area contributed by atoms with Crippen molar-refractivity contribution in [3.8, 4) is 11.3 Å². The van der Waals surface area contributed by atoms with Gasteiger partial charge in [-0.15, -0.1) is 0 Å². The van der Waals surface area contributed by atoms with E-state index in [9.17, 15) is 0 Å². The van der Waals surface area contributed by atoms with Crippen LogP contribution in [-0.2, 0) is 7.05 Å². The number of aromatic nitrogens is 3. The van der Waals surface area contributed by atoms with E-state index in [1.54, 1.807) is 6.20 Å². The van der Waals surface area contributed by atoms with Gasteiger partial charge in [-0.05, 0) is 69.8 Å². The van der Waals surface area contributed by atoms with Crippen LogP contribution in [0.5, 0.6) is 0 Å². The van der Waals surface area contributed by atoms with Gasteiger partial charge in [-0.3, -0.25) is 0 Å². The first-order valence-corrected chi connectivity index (χ1v) is 13.5. The lowest BCUT2D eigenvalue weighted by Crippen LogP contribution is -2.45. The first kappa shape index (κ1) is 21.1. The number of hydrogen-bond acceptors (Lipinski definition) is 3. The Morgan fingerprint density at radius 2 is 1.44 bits per heavy atom. The number of fused-ring (bicyclic) bond motifs is 4. The van der Waals surface area contributed by atoms with Crippen molar-refractivity contribution in [1.29, 1.82) is 0 Å². The number of furan rings is 1. The van der Waals surface area contributed by atoms with Crippen LogP contribution in [0.1, 0.15) is 51.0 Å². The van der Waals surface area contributed by atoms with Crippen LogP contribution in [0.15, 0.2) is 102 Å². The van der Waals surface area contributed by atoms with Crippen LogP contribution < -0.4 is 4.57 Å². The fraction of sp³-hybridized carbons (Fsp3) is 0.114. The average molecular weight is 503 g/mol. The van der Waals surface area contributed by atoms with Gasteiger partial charge in [-0.1, -0.05) is 60.7 Å². The molecule has 0 aliphatic heterocycles. The van der Waals surface area contributed by atoms with Crippen LogP contribution in [-0.4, -0.2) is 9.97 Å². The first-order valence-electron chi connectivity index (χ1n) is 13.5. The maximum Gasteiger partial charge on any atom is 0.235 e. The molecule has 3 aliphatic rings. The highest BCUT2D eigenvalue weighted by Gasteiger charge is 2.48. The van der Waals surface area contributed by atoms with E-state index in [-0.39, 0.29) is 11.8 Å². The molecular weight excluding hydrogens is 478 g/mol. The molecule has 3 aromatic heterocycles. The lowest BCUT2D eigenvalue weighted by Gasteiger charge is -2.39. The largest absolute Gasteiger partial charge is 0.437 e. The molecule has 0 fully saturated rings. The van der Waals surface area contributed by atoms with Gasteiger partial charge in [0.25, 0.3) is 0 Å². The van der Waals surface area contributed by atoms with E-state index in [4.69, 9.17) is 9.40 Å². The Bertz CT molecular complexity index is 2170. The monoisotopic (exact) mass is 502 g/mol. The smallest absolute Gasteiger partial charge is 0.235 e. The van der Waals surface area contributed by atoms with Crippen molar-refractivity contribution in [2.45, 2.75) is 18.8 Å². The molecular formula is C35H24N3O+. The molecule has 0 saturated carbocycles. The minimum absolute atomic E-state index is 0.119. The van der Waals surface area contributed by atoms with Gasteiger partial charge >= 0.3 is 0 Å². The molecule has 2 unspecified atom stereocenters. The molecule has 4 heteroatoms. The highest BCUT2D eigenvalue weighted by Crippen LogP contribution is 2.55. The van der Waals surface area contributed by atoms with Gasteiger partial charge in [-0.25, -0.2) is 9.97 Å². The molecule has 7 aromatic rings. The van der Waals surface area contributed by atoms with Crippen LogP contribution in [0.2, 0.25) is 0 Å². The standard InChI is InChI=1S/C35H24N3O/c1-19-13-14-24-25-12-7-15-36-35(25)39-34(24)29(19)28-18-37-32-30-22-10-5-6-11-23(22)31(33(32)38(28)2)27-17-21-9-4-3-8-20(21)16-26(27)30/h3-18,30-31H,1-2H3/q+1. The summed E-state index contributed by atoms with van der Waals surface area (Å²) in [6.45, 7) is 2.15. The van der Waals surface area contributed by atoms with E-state index < -0.39 is 0 Å². The number of hydrogen-bond donors (Lipinski definition) is 0. The average Bonchev–Trinajstić information content (AvgIpc) is 3.35. The Morgan fingerprint density at radius 3 is 2.23 bits per heavy atom. The van der Waals surface area contributed by atoms with E-state index in [1.165, 1.54) is 38.7 Å². The molecule has 4 nitrogen and oxygen atoms in total. The van der Waals surface area contributed by atoms with Crippen molar-refractivity contribution in [2.75, 3.05) is 0 Å². The Balaban J connectivity index is 1.35. The summed E-state index contributed by atoms with van der Waals surface area (Å²) < 4.78 is 8.76. The fourth-order valence-corrected chi connectivity index (χ4v) is 7.21. The molecule has 0 amide bonds. The molecule has 3 aliphatic carbocycles. The van der Waals surface area contributed by atoms with Crippen LogP contribution in [0.3, 0.4) is 0 Å². The summed E-state index contributed by atoms with van der Waals surface area (Å²) in [4.78, 5) is 9.73. The molecule has 10 rings (SSSR count). The number of pyridine rings is 1. The summed E-state index contributed by atoms with van der Waals surface area (Å²) in [5.41, 5.74) is 12.8. The number of nitrogens with zero attached hydrogens (tertiary/aromatic N) is 3. The Hall–Kier alpha value is -4.83. The van der Waals surface area contributed by atoms with Crippen molar-refractivity contribution in [1.82, 2.24) is 9.97 Å². The minimum atomic E-state index is 0.119. The molecule has 0 spiro atoms. The van der Waals surface area contributed by atoms with Crippen LogP contribution >= 0.6 is 0 Å². The zero-order valence-electron chi connectivity index (χ0n) is 21.6. The summed E-state index contributed by atoms with van der Waals surface area (Å²) in [5, 5.41) is 4.69. The van der Waals surface area contributed by atoms with E-state index in [1.807, 2.05) is 12.3 Å². The van der Waals surface area contributed by atoms with E-state index in [2.05, 4.69) is 102 Å². The maximum absolute atomic E-state index is 6.39. The molecule has 3 heterocycles. The highest BCUT2D eigenvalue weighted by molar-refractivity contribution is 6.08. The summed E-state index contributed by atoms with van der Waals surface area (Å²) >= 11 is 0. The SMILES string of the molecule is Cc1ccc2c(oc3ncccc32)c1-c1cnc2c([n+]1C)C1c3ccccc3C2c2cc3ccccc3cc21. The van der Waals surface area contributed by atoms with Gasteiger partial charge in [0.05, 0.1) is 23.6 Å². The third-order valence-corrected chi connectivity index (χ3v) is 8.93. The third-order valence-electron chi connectivity index (χ3n) is 8.93. The molecule has 0 saturated heterocycles. The Morgan fingerprint density at radius 1 is 0.718 bits per heavy atom. The highest BCUT2D eigenvalue weighted by atomic mass is 16.3. The van der Waals surface area contributed by atoms with Crippen molar-refractivity contribution < 1.29 is 8.98 Å². The fourth-order valence-electron chi connectivity index (χ4n) is 7.21. The second-order valence-corrected chi connectivity index (χ2v) is 10.9. The molecule has 4 aromatic carbocycles. The van der Waals surface area contributed by atoms with E-state index >= 15 is 0 Å². The predicted octanol–water partition coefficient (Wildman–Crippen LogP) is 7.32. The Kier molecular flexibility index (Phi) is 4.00. The summed E-state index contributed by atoms with van der Waals surface area (Å²) in [5.74, 6) is 0.239. The Labute approximate surface area is 225 Å². The van der Waals surface area contributed by atoms with Crippen LogP contribution in [0.4, 0.5) is 0 Å². The van der Waals surface area contributed by atoms with Crippen LogP contribution in [0.25, 0.3) is 44.1 Å². The first-order chi connectivity index (χ1) is 19.2. The van der Waals surface area contributed by atoms with Crippen molar-refractivity contribution in [3.63, 3.8) is 0 Å². The van der Waals surface area contributed by atoms with Crippen LogP contribution in [0, 0.1) is 6.92 Å². The van der Waals surface area contributed by atoms with Gasteiger partial charge in [0, 0.05) is 17.0 Å². The number of aryl methyl sites for hydroxylation is 1.